The number of nitrogens with zero attached hydrogens (tertiary/aromatic N) is 3. The van der Waals surface area contributed by atoms with Gasteiger partial charge in [0.2, 0.25) is 0 Å². The predicted molar refractivity (Wildman–Crippen MR) is 108 cm³/mol. The molecule has 0 fully saturated rings. The van der Waals surface area contributed by atoms with Crippen LogP contribution in [0, 0.1) is 13.8 Å². The molecular formula is C21H16F3N3O2S. The standard InChI is InChI=1S/C21H16F3N3O2S/c1-12-17(13(2)29-26-12)11-30-20-25-18-9-4-3-8-16(18)19(28)27(20)15-7-5-6-14(10-15)21(22,23)24/h3-10H,11H2,1-2H3. The monoisotopic (exact) mass is 431 g/mol. The molecule has 0 unspecified atom stereocenters. The molecule has 0 saturated carbocycles. The van der Waals surface area contributed by atoms with Crippen LogP contribution in [0.2, 0.25) is 0 Å². The highest BCUT2D eigenvalue weighted by atomic mass is 32.2. The molecule has 0 saturated heterocycles. The fraction of sp³-hybridized carbons (Fsp3) is 0.190. The Kier molecular flexibility index (Phi) is 5.15. The van der Waals surface area contributed by atoms with E-state index < -0.39 is 17.3 Å². The smallest absolute Gasteiger partial charge is 0.361 e. The van der Waals surface area contributed by atoms with Crippen molar-refractivity contribution in [3.05, 3.63) is 81.5 Å². The quantitative estimate of drug-likeness (QED) is 0.324. The van der Waals surface area contributed by atoms with Gasteiger partial charge in [-0.3, -0.25) is 9.36 Å². The van der Waals surface area contributed by atoms with Crippen molar-refractivity contribution in [1.29, 1.82) is 0 Å². The summed E-state index contributed by atoms with van der Waals surface area (Å²) in [7, 11) is 0. The van der Waals surface area contributed by atoms with Gasteiger partial charge in [-0.1, -0.05) is 35.1 Å². The molecule has 0 amide bonds. The second kappa shape index (κ2) is 7.64. The molecule has 0 radical (unpaired) electrons. The minimum absolute atomic E-state index is 0.106. The highest BCUT2D eigenvalue weighted by Crippen LogP contribution is 2.32. The van der Waals surface area contributed by atoms with Gasteiger partial charge < -0.3 is 4.52 Å². The zero-order chi connectivity index (χ0) is 21.5. The van der Waals surface area contributed by atoms with Crippen LogP contribution < -0.4 is 5.56 Å². The first-order chi connectivity index (χ1) is 14.3. The van der Waals surface area contributed by atoms with Crippen LogP contribution in [0.4, 0.5) is 13.2 Å². The van der Waals surface area contributed by atoms with Crippen molar-refractivity contribution in [1.82, 2.24) is 14.7 Å². The van der Waals surface area contributed by atoms with Gasteiger partial charge in [-0.05, 0) is 44.2 Å². The van der Waals surface area contributed by atoms with Crippen LogP contribution in [-0.2, 0) is 11.9 Å². The van der Waals surface area contributed by atoms with E-state index in [0.717, 1.165) is 17.7 Å². The number of benzene rings is 2. The first-order valence-corrected chi connectivity index (χ1v) is 9.98. The van der Waals surface area contributed by atoms with E-state index in [9.17, 15) is 18.0 Å². The van der Waals surface area contributed by atoms with Crippen molar-refractivity contribution in [3.63, 3.8) is 0 Å². The number of thioether (sulfide) groups is 1. The van der Waals surface area contributed by atoms with E-state index in [2.05, 4.69) is 10.1 Å². The molecular weight excluding hydrogens is 415 g/mol. The molecule has 154 valence electrons. The molecule has 0 aliphatic carbocycles. The Morgan fingerprint density at radius 1 is 1.10 bits per heavy atom. The number of aromatic nitrogens is 3. The Bertz CT molecular complexity index is 1280. The molecule has 0 spiro atoms. The first kappa shape index (κ1) is 20.2. The van der Waals surface area contributed by atoms with E-state index in [1.165, 1.54) is 28.5 Å². The number of halogens is 3. The van der Waals surface area contributed by atoms with Crippen LogP contribution in [0.1, 0.15) is 22.6 Å². The van der Waals surface area contributed by atoms with Crippen LogP contribution >= 0.6 is 11.8 Å². The number of aryl methyl sites for hydroxylation is 2. The lowest BCUT2D eigenvalue weighted by molar-refractivity contribution is -0.137. The molecule has 0 aliphatic heterocycles. The van der Waals surface area contributed by atoms with Gasteiger partial charge in [-0.2, -0.15) is 13.2 Å². The number of hydrogen-bond acceptors (Lipinski definition) is 5. The van der Waals surface area contributed by atoms with Gasteiger partial charge in [0.1, 0.15) is 5.76 Å². The number of alkyl halides is 3. The zero-order valence-electron chi connectivity index (χ0n) is 16.0. The Hall–Kier alpha value is -3.07. The van der Waals surface area contributed by atoms with Crippen molar-refractivity contribution in [3.8, 4) is 5.69 Å². The van der Waals surface area contributed by atoms with Gasteiger partial charge in [0, 0.05) is 11.3 Å². The summed E-state index contributed by atoms with van der Waals surface area (Å²) in [6.45, 7) is 3.59. The maximum atomic E-state index is 13.2. The molecule has 2 heterocycles. The Balaban J connectivity index is 1.88. The SMILES string of the molecule is Cc1noc(C)c1CSc1nc2ccccc2c(=O)n1-c1cccc(C(F)(F)F)c1. The van der Waals surface area contributed by atoms with Crippen LogP contribution in [0.25, 0.3) is 16.6 Å². The van der Waals surface area contributed by atoms with E-state index in [1.807, 2.05) is 0 Å². The minimum Gasteiger partial charge on any atom is -0.361 e. The number of fused-ring (bicyclic) bond motifs is 1. The summed E-state index contributed by atoms with van der Waals surface area (Å²) in [5.74, 6) is 1.05. The predicted octanol–water partition coefficient (Wildman–Crippen LogP) is 5.30. The van der Waals surface area contributed by atoms with E-state index >= 15 is 0 Å². The lowest BCUT2D eigenvalue weighted by Crippen LogP contribution is -2.22. The van der Waals surface area contributed by atoms with E-state index in [0.29, 0.717) is 28.1 Å². The summed E-state index contributed by atoms with van der Waals surface area (Å²) in [5.41, 5.74) is 0.899. The first-order valence-electron chi connectivity index (χ1n) is 8.99. The fourth-order valence-electron chi connectivity index (χ4n) is 3.10. The highest BCUT2D eigenvalue weighted by molar-refractivity contribution is 7.98. The van der Waals surface area contributed by atoms with Gasteiger partial charge in [0.05, 0.1) is 27.8 Å². The Morgan fingerprint density at radius 2 is 1.87 bits per heavy atom. The lowest BCUT2D eigenvalue weighted by atomic mass is 10.2. The van der Waals surface area contributed by atoms with Gasteiger partial charge in [-0.15, -0.1) is 0 Å². The molecule has 0 N–H and O–H groups in total. The Labute approximate surface area is 173 Å². The average Bonchev–Trinajstić information content (AvgIpc) is 3.03. The van der Waals surface area contributed by atoms with Gasteiger partial charge in [0.15, 0.2) is 5.16 Å². The van der Waals surface area contributed by atoms with Crippen molar-refractivity contribution in [2.24, 2.45) is 0 Å². The summed E-state index contributed by atoms with van der Waals surface area (Å²) in [6, 6.07) is 11.4. The van der Waals surface area contributed by atoms with Crippen LogP contribution in [0.15, 0.2) is 63.0 Å². The molecule has 9 heteroatoms. The summed E-state index contributed by atoms with van der Waals surface area (Å²) < 4.78 is 46.1. The second-order valence-corrected chi connectivity index (χ2v) is 7.63. The third-order valence-electron chi connectivity index (χ3n) is 4.70. The average molecular weight is 431 g/mol. The number of hydrogen-bond donors (Lipinski definition) is 0. The largest absolute Gasteiger partial charge is 0.416 e. The second-order valence-electron chi connectivity index (χ2n) is 6.69. The normalized spacial score (nSPS) is 11.9. The molecule has 4 aromatic rings. The third kappa shape index (κ3) is 3.72. The third-order valence-corrected chi connectivity index (χ3v) is 5.67. The topological polar surface area (TPSA) is 60.9 Å². The molecule has 30 heavy (non-hydrogen) atoms. The van der Waals surface area contributed by atoms with Crippen molar-refractivity contribution in [2.75, 3.05) is 0 Å². The highest BCUT2D eigenvalue weighted by Gasteiger charge is 2.31. The fourth-order valence-corrected chi connectivity index (χ4v) is 4.27. The maximum absolute atomic E-state index is 13.2. The van der Waals surface area contributed by atoms with Crippen LogP contribution in [0.3, 0.4) is 0 Å². The summed E-state index contributed by atoms with van der Waals surface area (Å²) in [6.07, 6.45) is -4.52. The van der Waals surface area contributed by atoms with Crippen LogP contribution in [0.5, 0.6) is 0 Å². The number of rotatable bonds is 4. The Morgan fingerprint density at radius 3 is 2.57 bits per heavy atom. The van der Waals surface area contributed by atoms with E-state index in [-0.39, 0.29) is 10.8 Å². The summed E-state index contributed by atoms with van der Waals surface area (Å²) in [4.78, 5) is 17.8. The molecule has 4 rings (SSSR count). The lowest BCUT2D eigenvalue weighted by Gasteiger charge is -2.15. The summed E-state index contributed by atoms with van der Waals surface area (Å²) >= 11 is 1.24. The number of para-hydroxylation sites is 1. The maximum Gasteiger partial charge on any atom is 0.416 e. The molecule has 2 aromatic carbocycles. The van der Waals surface area contributed by atoms with Gasteiger partial charge >= 0.3 is 6.18 Å². The van der Waals surface area contributed by atoms with Gasteiger partial charge in [0.25, 0.3) is 5.56 Å². The molecule has 0 bridgehead atoms. The van der Waals surface area contributed by atoms with E-state index in [1.54, 1.807) is 38.1 Å². The summed E-state index contributed by atoms with van der Waals surface area (Å²) in [5, 5.41) is 4.53. The van der Waals surface area contributed by atoms with Crippen molar-refractivity contribution < 1.29 is 17.7 Å². The molecule has 2 aromatic heterocycles. The molecule has 0 aliphatic rings. The zero-order valence-corrected chi connectivity index (χ0v) is 16.8. The molecule has 5 nitrogen and oxygen atoms in total. The van der Waals surface area contributed by atoms with E-state index in [4.69, 9.17) is 4.52 Å². The molecule has 0 atom stereocenters. The van der Waals surface area contributed by atoms with Gasteiger partial charge in [-0.25, -0.2) is 4.98 Å². The van der Waals surface area contributed by atoms with Crippen molar-refractivity contribution >= 4 is 22.7 Å². The van der Waals surface area contributed by atoms with Crippen molar-refractivity contribution in [2.45, 2.75) is 30.9 Å². The van der Waals surface area contributed by atoms with Crippen LogP contribution in [-0.4, -0.2) is 14.7 Å². The minimum atomic E-state index is -4.52.